The molecule has 0 bridgehead atoms. The van der Waals surface area contributed by atoms with Gasteiger partial charge in [0.05, 0.1) is 12.6 Å². The van der Waals surface area contributed by atoms with Crippen LogP contribution < -0.4 is 10.1 Å². The third-order valence-electron chi connectivity index (χ3n) is 4.49. The zero-order chi connectivity index (χ0) is 18.4. The molecule has 0 aliphatic heterocycles. The molecule has 0 fully saturated rings. The van der Waals surface area contributed by atoms with E-state index in [1.807, 2.05) is 12.1 Å². The summed E-state index contributed by atoms with van der Waals surface area (Å²) in [6, 6.07) is 7.25. The third-order valence-corrected chi connectivity index (χ3v) is 9.22. The SMILES string of the molecule is C[C@@H](CO[Si](C)(C)C(C)(C)C)N[C@@H](CO)COc1cccc(Cl)c1. The Morgan fingerprint density at radius 3 is 2.46 bits per heavy atom. The van der Waals surface area contributed by atoms with Crippen LogP contribution in [0.25, 0.3) is 0 Å². The Morgan fingerprint density at radius 2 is 1.92 bits per heavy atom. The van der Waals surface area contributed by atoms with Gasteiger partial charge in [-0.15, -0.1) is 0 Å². The molecule has 4 nitrogen and oxygen atoms in total. The van der Waals surface area contributed by atoms with Gasteiger partial charge in [-0.05, 0) is 43.3 Å². The van der Waals surface area contributed by atoms with Crippen molar-refractivity contribution in [2.24, 2.45) is 0 Å². The fourth-order valence-electron chi connectivity index (χ4n) is 1.91. The molecule has 0 aromatic heterocycles. The maximum atomic E-state index is 9.56. The smallest absolute Gasteiger partial charge is 0.192 e. The fraction of sp³-hybridized carbons (Fsp3) is 0.667. The molecule has 2 N–H and O–H groups in total. The molecule has 0 aliphatic carbocycles. The molecule has 0 saturated carbocycles. The second kappa shape index (κ2) is 9.20. The maximum Gasteiger partial charge on any atom is 0.192 e. The molecule has 1 aromatic carbocycles. The van der Waals surface area contributed by atoms with E-state index in [4.69, 9.17) is 20.8 Å². The summed E-state index contributed by atoms with van der Waals surface area (Å²) in [6.45, 7) is 14.2. The maximum absolute atomic E-state index is 9.56. The lowest BCUT2D eigenvalue weighted by molar-refractivity contribution is 0.159. The fourth-order valence-corrected chi connectivity index (χ4v) is 3.19. The van der Waals surface area contributed by atoms with Gasteiger partial charge in [-0.2, -0.15) is 0 Å². The van der Waals surface area contributed by atoms with Crippen molar-refractivity contribution in [1.29, 1.82) is 0 Å². The summed E-state index contributed by atoms with van der Waals surface area (Å²) in [4.78, 5) is 0. The molecule has 0 heterocycles. The molecule has 0 amide bonds. The van der Waals surface area contributed by atoms with E-state index in [0.29, 0.717) is 24.0 Å². The van der Waals surface area contributed by atoms with Gasteiger partial charge in [0.25, 0.3) is 0 Å². The van der Waals surface area contributed by atoms with E-state index in [9.17, 15) is 5.11 Å². The molecule has 0 unspecified atom stereocenters. The van der Waals surface area contributed by atoms with Crippen LogP contribution in [0.3, 0.4) is 0 Å². The van der Waals surface area contributed by atoms with Crippen molar-refractivity contribution >= 4 is 19.9 Å². The molecule has 0 saturated heterocycles. The second-order valence-electron chi connectivity index (χ2n) is 7.79. The summed E-state index contributed by atoms with van der Waals surface area (Å²) >= 11 is 5.94. The van der Waals surface area contributed by atoms with Gasteiger partial charge in [-0.3, -0.25) is 0 Å². The summed E-state index contributed by atoms with van der Waals surface area (Å²) in [5, 5.41) is 13.8. The summed E-state index contributed by atoms with van der Waals surface area (Å²) in [6.07, 6.45) is 0. The zero-order valence-electron chi connectivity index (χ0n) is 15.7. The highest BCUT2D eigenvalue weighted by molar-refractivity contribution is 6.74. The minimum absolute atomic E-state index is 0.00496. The van der Waals surface area contributed by atoms with E-state index >= 15 is 0 Å². The number of ether oxygens (including phenoxy) is 1. The van der Waals surface area contributed by atoms with E-state index in [-0.39, 0.29) is 23.7 Å². The number of hydrogen-bond acceptors (Lipinski definition) is 4. The van der Waals surface area contributed by atoms with Crippen LogP contribution in [0.5, 0.6) is 5.75 Å². The highest BCUT2D eigenvalue weighted by atomic mass is 35.5. The van der Waals surface area contributed by atoms with Gasteiger partial charge in [-0.1, -0.05) is 38.4 Å². The van der Waals surface area contributed by atoms with Crippen LogP contribution in [0.4, 0.5) is 0 Å². The van der Waals surface area contributed by atoms with Gasteiger partial charge in [0.2, 0.25) is 0 Å². The number of benzene rings is 1. The summed E-state index contributed by atoms with van der Waals surface area (Å²) < 4.78 is 11.9. The van der Waals surface area contributed by atoms with E-state index in [1.165, 1.54) is 0 Å². The first-order chi connectivity index (χ1) is 11.0. The highest BCUT2D eigenvalue weighted by Crippen LogP contribution is 2.36. The van der Waals surface area contributed by atoms with Gasteiger partial charge >= 0.3 is 0 Å². The van der Waals surface area contributed by atoms with Crippen molar-refractivity contribution in [3.05, 3.63) is 29.3 Å². The number of hydrogen-bond donors (Lipinski definition) is 2. The first-order valence-corrected chi connectivity index (χ1v) is 11.7. The number of rotatable bonds is 9. The van der Waals surface area contributed by atoms with Crippen LogP contribution in [0.1, 0.15) is 27.7 Å². The highest BCUT2D eigenvalue weighted by Gasteiger charge is 2.37. The second-order valence-corrected chi connectivity index (χ2v) is 13.0. The molecular formula is C18H32ClNO3Si. The van der Waals surface area contributed by atoms with Crippen LogP contribution in [0, 0.1) is 0 Å². The largest absolute Gasteiger partial charge is 0.492 e. The van der Waals surface area contributed by atoms with Gasteiger partial charge in [0.1, 0.15) is 12.4 Å². The minimum atomic E-state index is -1.75. The number of aliphatic hydroxyl groups excluding tert-OH is 1. The molecular weight excluding hydrogens is 342 g/mol. The van der Waals surface area contributed by atoms with Crippen LogP contribution in [0.2, 0.25) is 23.2 Å². The van der Waals surface area contributed by atoms with Gasteiger partial charge in [-0.25, -0.2) is 0 Å². The summed E-state index contributed by atoms with van der Waals surface area (Å²) in [5.41, 5.74) is 0. The van der Waals surface area contributed by atoms with E-state index in [2.05, 4.69) is 46.1 Å². The Balaban J connectivity index is 2.44. The summed E-state index contributed by atoms with van der Waals surface area (Å²) in [7, 11) is -1.75. The Labute approximate surface area is 152 Å². The lowest BCUT2D eigenvalue weighted by Crippen LogP contribution is -2.48. The summed E-state index contributed by atoms with van der Waals surface area (Å²) in [5.74, 6) is 0.702. The molecule has 24 heavy (non-hydrogen) atoms. The van der Waals surface area contributed by atoms with E-state index in [0.717, 1.165) is 0 Å². The Kier molecular flexibility index (Phi) is 8.22. The van der Waals surface area contributed by atoms with Crippen LogP contribution in [-0.2, 0) is 4.43 Å². The Hall–Kier alpha value is -0.593. The molecule has 138 valence electrons. The first-order valence-electron chi connectivity index (χ1n) is 8.44. The van der Waals surface area contributed by atoms with E-state index < -0.39 is 8.32 Å². The molecule has 1 aromatic rings. The van der Waals surface area contributed by atoms with Crippen molar-refractivity contribution in [2.45, 2.75) is 57.9 Å². The van der Waals surface area contributed by atoms with Crippen LogP contribution in [-0.4, -0.2) is 45.3 Å². The molecule has 0 spiro atoms. The zero-order valence-corrected chi connectivity index (χ0v) is 17.5. The van der Waals surface area contributed by atoms with Crippen LogP contribution in [0.15, 0.2) is 24.3 Å². The molecule has 1 rings (SSSR count). The molecule has 0 radical (unpaired) electrons. The standard InChI is InChI=1S/C18H32ClNO3Si/c1-14(12-23-24(5,6)18(2,3)4)20-16(11-21)13-22-17-9-7-8-15(19)10-17/h7-10,14,16,20-21H,11-13H2,1-6H3/t14-,16-/m0/s1. The van der Waals surface area contributed by atoms with Gasteiger partial charge in [0.15, 0.2) is 8.32 Å². The van der Waals surface area contributed by atoms with E-state index in [1.54, 1.807) is 12.1 Å². The Morgan fingerprint density at radius 1 is 1.25 bits per heavy atom. The van der Waals surface area contributed by atoms with Crippen molar-refractivity contribution in [3.8, 4) is 5.75 Å². The lowest BCUT2D eigenvalue weighted by Gasteiger charge is -2.37. The van der Waals surface area contributed by atoms with Crippen molar-refractivity contribution in [1.82, 2.24) is 5.32 Å². The third kappa shape index (κ3) is 7.11. The van der Waals surface area contributed by atoms with Crippen molar-refractivity contribution in [2.75, 3.05) is 19.8 Å². The first kappa shape index (κ1) is 21.4. The lowest BCUT2D eigenvalue weighted by atomic mass is 10.2. The number of halogens is 1. The van der Waals surface area contributed by atoms with Gasteiger partial charge < -0.3 is 19.6 Å². The number of aliphatic hydroxyl groups is 1. The molecule has 6 heteroatoms. The molecule has 0 aliphatic rings. The monoisotopic (exact) mass is 373 g/mol. The molecule has 2 atom stereocenters. The van der Waals surface area contributed by atoms with Crippen LogP contribution >= 0.6 is 11.6 Å². The topological polar surface area (TPSA) is 50.7 Å². The van der Waals surface area contributed by atoms with Gasteiger partial charge in [0, 0.05) is 17.7 Å². The quantitative estimate of drug-likeness (QED) is 0.640. The average Bonchev–Trinajstić information content (AvgIpc) is 2.48. The normalized spacial score (nSPS) is 15.2. The number of nitrogens with one attached hydrogen (secondary N) is 1. The van der Waals surface area contributed by atoms with Crippen molar-refractivity contribution in [3.63, 3.8) is 0 Å². The average molecular weight is 374 g/mol. The van der Waals surface area contributed by atoms with Crippen molar-refractivity contribution < 1.29 is 14.3 Å². The minimum Gasteiger partial charge on any atom is -0.492 e. The predicted octanol–water partition coefficient (Wildman–Crippen LogP) is 4.08. The Bertz CT molecular complexity index is 505. The predicted molar refractivity (Wildman–Crippen MR) is 104 cm³/mol.